The number of hydrogen-bond donors (Lipinski definition) is 1. The summed E-state index contributed by atoms with van der Waals surface area (Å²) in [6.07, 6.45) is 0. The Kier molecular flexibility index (Phi) is 7.41. The van der Waals surface area contributed by atoms with Crippen molar-refractivity contribution in [3.05, 3.63) is 64.7 Å². The Morgan fingerprint density at radius 3 is 2.33 bits per heavy atom. The van der Waals surface area contributed by atoms with Crippen LogP contribution in [0.25, 0.3) is 0 Å². The van der Waals surface area contributed by atoms with Crippen LogP contribution in [0.1, 0.15) is 25.0 Å². The summed E-state index contributed by atoms with van der Waals surface area (Å²) in [4.78, 5) is 12.5. The molecule has 1 amide bonds. The number of rotatable bonds is 8. The van der Waals surface area contributed by atoms with Crippen LogP contribution in [0.5, 0.6) is 0 Å². The zero-order valence-electron chi connectivity index (χ0n) is 15.8. The third-order valence-corrected chi connectivity index (χ3v) is 6.17. The van der Waals surface area contributed by atoms with Crippen LogP contribution in [0.15, 0.2) is 53.4 Å². The van der Waals surface area contributed by atoms with Crippen molar-refractivity contribution in [2.75, 3.05) is 13.1 Å². The number of hydrogen-bond acceptors (Lipinski definition) is 3. The van der Waals surface area contributed by atoms with Crippen molar-refractivity contribution in [3.8, 4) is 0 Å². The molecule has 0 aliphatic heterocycles. The Bertz CT molecular complexity index is 880. The molecular formula is C20H25ClN2O3S. The van der Waals surface area contributed by atoms with E-state index >= 15 is 0 Å². The highest BCUT2D eigenvalue weighted by atomic mass is 35.5. The van der Waals surface area contributed by atoms with Gasteiger partial charge in [0.2, 0.25) is 15.9 Å². The number of nitrogens with one attached hydrogen (secondary N) is 1. The lowest BCUT2D eigenvalue weighted by Gasteiger charge is -2.23. The summed E-state index contributed by atoms with van der Waals surface area (Å²) in [6, 6.07) is 13.6. The molecule has 7 heteroatoms. The third kappa shape index (κ3) is 6.06. The standard InChI is InChI=1S/C20H25ClN2O3S/c1-15(2)12-22-20(24)14-23(13-17-6-4-5-7-19(17)21)27(25,26)18-10-8-16(3)9-11-18/h4-11,15H,12-14H2,1-3H3,(H,22,24). The fourth-order valence-corrected chi connectivity index (χ4v) is 4.01. The predicted octanol–water partition coefficient (Wildman–Crippen LogP) is 3.61. The topological polar surface area (TPSA) is 66.5 Å². The smallest absolute Gasteiger partial charge is 0.243 e. The van der Waals surface area contributed by atoms with Crippen LogP contribution in [0, 0.1) is 12.8 Å². The van der Waals surface area contributed by atoms with Gasteiger partial charge in [0.15, 0.2) is 0 Å². The van der Waals surface area contributed by atoms with E-state index < -0.39 is 10.0 Å². The number of aryl methyl sites for hydroxylation is 1. The molecule has 5 nitrogen and oxygen atoms in total. The fourth-order valence-electron chi connectivity index (χ4n) is 2.44. The van der Waals surface area contributed by atoms with Gasteiger partial charge in [0, 0.05) is 18.1 Å². The summed E-state index contributed by atoms with van der Waals surface area (Å²) in [5.74, 6) is -0.0638. The van der Waals surface area contributed by atoms with Gasteiger partial charge in [0.1, 0.15) is 0 Å². The molecule has 0 bridgehead atoms. The second-order valence-corrected chi connectivity index (χ2v) is 9.22. The molecule has 0 aliphatic rings. The van der Waals surface area contributed by atoms with Gasteiger partial charge in [-0.25, -0.2) is 8.42 Å². The monoisotopic (exact) mass is 408 g/mol. The van der Waals surface area contributed by atoms with Crippen LogP contribution in [-0.2, 0) is 21.4 Å². The van der Waals surface area contributed by atoms with Gasteiger partial charge < -0.3 is 5.32 Å². The average Bonchev–Trinajstić information content (AvgIpc) is 2.61. The van der Waals surface area contributed by atoms with Crippen molar-refractivity contribution in [2.45, 2.75) is 32.2 Å². The van der Waals surface area contributed by atoms with Gasteiger partial charge >= 0.3 is 0 Å². The normalized spacial score (nSPS) is 11.8. The Labute approximate surface area is 166 Å². The Balaban J connectivity index is 2.32. The number of amides is 1. The van der Waals surface area contributed by atoms with Crippen molar-refractivity contribution >= 4 is 27.5 Å². The molecule has 27 heavy (non-hydrogen) atoms. The van der Waals surface area contributed by atoms with E-state index in [2.05, 4.69) is 5.32 Å². The molecular weight excluding hydrogens is 384 g/mol. The Morgan fingerprint density at radius 2 is 1.74 bits per heavy atom. The third-order valence-electron chi connectivity index (χ3n) is 3.99. The van der Waals surface area contributed by atoms with Crippen molar-refractivity contribution in [2.24, 2.45) is 5.92 Å². The van der Waals surface area contributed by atoms with Crippen molar-refractivity contribution in [3.63, 3.8) is 0 Å². The molecule has 0 atom stereocenters. The van der Waals surface area contributed by atoms with E-state index in [9.17, 15) is 13.2 Å². The van der Waals surface area contributed by atoms with Crippen LogP contribution in [0.2, 0.25) is 5.02 Å². The molecule has 2 aromatic rings. The van der Waals surface area contributed by atoms with Gasteiger partial charge in [-0.2, -0.15) is 4.31 Å². The maximum Gasteiger partial charge on any atom is 0.243 e. The molecule has 0 radical (unpaired) electrons. The lowest BCUT2D eigenvalue weighted by atomic mass is 10.2. The van der Waals surface area contributed by atoms with Gasteiger partial charge in [0.05, 0.1) is 11.4 Å². The number of carbonyl (C=O) groups is 1. The van der Waals surface area contributed by atoms with Crippen LogP contribution >= 0.6 is 11.6 Å². The molecule has 146 valence electrons. The molecule has 0 heterocycles. The van der Waals surface area contributed by atoms with E-state index in [0.29, 0.717) is 17.1 Å². The highest BCUT2D eigenvalue weighted by Crippen LogP contribution is 2.22. The van der Waals surface area contributed by atoms with E-state index in [1.54, 1.807) is 48.5 Å². The van der Waals surface area contributed by atoms with Gasteiger partial charge in [-0.3, -0.25) is 4.79 Å². The Morgan fingerprint density at radius 1 is 1.11 bits per heavy atom. The van der Waals surface area contributed by atoms with Gasteiger partial charge in [-0.15, -0.1) is 0 Å². The van der Waals surface area contributed by atoms with Crippen LogP contribution in [0.3, 0.4) is 0 Å². The number of halogens is 1. The molecule has 2 aromatic carbocycles. The van der Waals surface area contributed by atoms with Crippen LogP contribution in [-0.4, -0.2) is 31.7 Å². The molecule has 0 aliphatic carbocycles. The summed E-state index contributed by atoms with van der Waals surface area (Å²) in [7, 11) is -3.85. The first-order chi connectivity index (χ1) is 12.7. The lowest BCUT2D eigenvalue weighted by Crippen LogP contribution is -2.41. The molecule has 0 spiro atoms. The maximum atomic E-state index is 13.1. The van der Waals surface area contributed by atoms with Gasteiger partial charge in [-0.1, -0.05) is 61.3 Å². The zero-order valence-corrected chi connectivity index (χ0v) is 17.3. The minimum Gasteiger partial charge on any atom is -0.355 e. The van der Waals surface area contributed by atoms with Crippen molar-refractivity contribution < 1.29 is 13.2 Å². The summed E-state index contributed by atoms with van der Waals surface area (Å²) in [5, 5.41) is 3.23. The van der Waals surface area contributed by atoms with E-state index in [1.165, 1.54) is 0 Å². The van der Waals surface area contributed by atoms with Crippen LogP contribution in [0.4, 0.5) is 0 Å². The second-order valence-electron chi connectivity index (χ2n) is 6.88. The highest BCUT2D eigenvalue weighted by Gasteiger charge is 2.27. The first-order valence-corrected chi connectivity index (χ1v) is 10.6. The molecule has 0 saturated heterocycles. The molecule has 0 fully saturated rings. The first kappa shape index (κ1) is 21.4. The van der Waals surface area contributed by atoms with E-state index in [1.807, 2.05) is 20.8 Å². The van der Waals surface area contributed by atoms with Crippen molar-refractivity contribution in [1.82, 2.24) is 9.62 Å². The Hall–Kier alpha value is -1.89. The number of carbonyl (C=O) groups excluding carboxylic acids is 1. The number of benzene rings is 2. The van der Waals surface area contributed by atoms with E-state index in [4.69, 9.17) is 11.6 Å². The minimum absolute atomic E-state index is 0.0188. The fraction of sp³-hybridized carbons (Fsp3) is 0.350. The maximum absolute atomic E-state index is 13.1. The number of sulfonamides is 1. The van der Waals surface area contributed by atoms with E-state index in [0.717, 1.165) is 9.87 Å². The number of nitrogens with zero attached hydrogens (tertiary/aromatic N) is 1. The van der Waals surface area contributed by atoms with Gasteiger partial charge in [-0.05, 0) is 36.6 Å². The predicted molar refractivity (Wildman–Crippen MR) is 108 cm³/mol. The zero-order chi connectivity index (χ0) is 20.0. The van der Waals surface area contributed by atoms with E-state index in [-0.39, 0.29) is 29.8 Å². The summed E-state index contributed by atoms with van der Waals surface area (Å²) >= 11 is 6.20. The minimum atomic E-state index is -3.85. The summed E-state index contributed by atoms with van der Waals surface area (Å²) in [6.45, 7) is 6.08. The molecule has 0 unspecified atom stereocenters. The molecule has 2 rings (SSSR count). The largest absolute Gasteiger partial charge is 0.355 e. The molecule has 1 N–H and O–H groups in total. The van der Waals surface area contributed by atoms with Gasteiger partial charge in [0.25, 0.3) is 0 Å². The quantitative estimate of drug-likeness (QED) is 0.725. The lowest BCUT2D eigenvalue weighted by molar-refractivity contribution is -0.121. The molecule has 0 aromatic heterocycles. The highest BCUT2D eigenvalue weighted by molar-refractivity contribution is 7.89. The summed E-state index contributed by atoms with van der Waals surface area (Å²) < 4.78 is 27.4. The first-order valence-electron chi connectivity index (χ1n) is 8.77. The second kappa shape index (κ2) is 9.35. The molecule has 0 saturated carbocycles. The average molecular weight is 409 g/mol. The SMILES string of the molecule is Cc1ccc(S(=O)(=O)N(CC(=O)NCC(C)C)Cc2ccccc2Cl)cc1. The summed E-state index contributed by atoms with van der Waals surface area (Å²) in [5.41, 5.74) is 1.60. The van der Waals surface area contributed by atoms with Crippen molar-refractivity contribution in [1.29, 1.82) is 0 Å². The van der Waals surface area contributed by atoms with Crippen LogP contribution < -0.4 is 5.32 Å².